The minimum atomic E-state index is -1.26. The van der Waals surface area contributed by atoms with Gasteiger partial charge in [-0.25, -0.2) is 0 Å². The molecule has 2 aliphatic rings. The number of carbonyl (C=O) groups excluding carboxylic acids is 2. The van der Waals surface area contributed by atoms with E-state index < -0.39 is 17.1 Å². The number of para-hydroxylation sites is 1. The van der Waals surface area contributed by atoms with Gasteiger partial charge in [0.2, 0.25) is 0 Å². The summed E-state index contributed by atoms with van der Waals surface area (Å²) in [6, 6.07) is 40.0. The molecule has 1 aromatic heterocycles. The number of anilines is 2. The lowest BCUT2D eigenvalue weighted by molar-refractivity contribution is -0.146. The van der Waals surface area contributed by atoms with E-state index >= 15 is 4.79 Å². The average molecular weight is 792 g/mol. The molecule has 1 saturated heterocycles. The lowest BCUT2D eigenvalue weighted by Crippen LogP contribution is -2.45. The van der Waals surface area contributed by atoms with Gasteiger partial charge in [0.1, 0.15) is 23.3 Å². The van der Waals surface area contributed by atoms with E-state index in [0.29, 0.717) is 35.7 Å². The molecule has 2 amide bonds. The number of nitrogens with zero attached hydrogens (tertiary/aromatic N) is 4. The van der Waals surface area contributed by atoms with Crippen LogP contribution in [0.4, 0.5) is 11.4 Å². The maximum Gasteiger partial charge on any atom is 0.264 e. The first-order valence-corrected chi connectivity index (χ1v) is 19.9. The summed E-state index contributed by atoms with van der Waals surface area (Å²) < 4.78 is 19.8. The van der Waals surface area contributed by atoms with Gasteiger partial charge in [0.25, 0.3) is 11.8 Å². The van der Waals surface area contributed by atoms with Crippen molar-refractivity contribution in [2.45, 2.75) is 63.5 Å². The summed E-state index contributed by atoms with van der Waals surface area (Å²) in [4.78, 5) is 30.2. The Hall–Kier alpha value is -6.30. The number of carbonyl (C=O) groups is 2. The fourth-order valence-corrected chi connectivity index (χ4v) is 9.18. The predicted octanol–water partition coefficient (Wildman–Crippen LogP) is 8.09. The van der Waals surface area contributed by atoms with Crippen LogP contribution in [0.25, 0.3) is 0 Å². The number of nitrogens with one attached hydrogen (secondary N) is 1. The van der Waals surface area contributed by atoms with Crippen LogP contribution in [-0.2, 0) is 33.6 Å². The van der Waals surface area contributed by atoms with Crippen molar-refractivity contribution in [2.75, 3.05) is 24.4 Å². The standard InChI is InChI=1S/C48H49N5O6/c1-31-43(47(2,3)35-20-24-38(58-5)25-21-35)42(26-27-52-30-40(50-51-52)44(54)33-13-7-6-8-14-33)59-48(31)39-16-9-10-17-41(39)53(46(48)56)29-32-12-11-15-36(28-32)49-45(55)34-18-22-37(57-4)23-19-34/h6-25,28,30-31,42-44,54H,26-27,29H2,1-5H3,(H,49,55)/t31-,42+,43-,44-,48+/m1/s1. The molecule has 1 spiro atoms. The Labute approximate surface area is 344 Å². The number of hydrogen-bond acceptors (Lipinski definition) is 8. The highest BCUT2D eigenvalue weighted by Gasteiger charge is 2.65. The van der Waals surface area contributed by atoms with Crippen molar-refractivity contribution in [3.63, 3.8) is 0 Å². The lowest BCUT2D eigenvalue weighted by atomic mass is 9.63. The first kappa shape index (κ1) is 39.5. The first-order valence-electron chi connectivity index (χ1n) is 19.9. The number of ether oxygens (including phenoxy) is 3. The Balaban J connectivity index is 1.09. The van der Waals surface area contributed by atoms with Gasteiger partial charge < -0.3 is 29.5 Å². The van der Waals surface area contributed by atoms with E-state index in [2.05, 4.69) is 48.5 Å². The second kappa shape index (κ2) is 16.2. The van der Waals surface area contributed by atoms with Crippen LogP contribution in [-0.4, -0.2) is 52.2 Å². The highest BCUT2D eigenvalue weighted by molar-refractivity contribution is 6.08. The minimum Gasteiger partial charge on any atom is -0.497 e. The predicted molar refractivity (Wildman–Crippen MR) is 225 cm³/mol. The molecule has 0 saturated carbocycles. The van der Waals surface area contributed by atoms with E-state index in [-0.39, 0.29) is 36.3 Å². The van der Waals surface area contributed by atoms with Gasteiger partial charge in [0.15, 0.2) is 5.60 Å². The molecule has 0 unspecified atom stereocenters. The number of aliphatic hydroxyl groups excluding tert-OH is 1. The molecule has 11 nitrogen and oxygen atoms in total. The molecule has 8 rings (SSSR count). The second-order valence-corrected chi connectivity index (χ2v) is 16.0. The quantitative estimate of drug-likeness (QED) is 0.120. The molecule has 59 heavy (non-hydrogen) atoms. The summed E-state index contributed by atoms with van der Waals surface area (Å²) in [5.41, 5.74) is 4.24. The lowest BCUT2D eigenvalue weighted by Gasteiger charge is -2.38. The molecule has 0 radical (unpaired) electrons. The second-order valence-electron chi connectivity index (χ2n) is 16.0. The zero-order valence-electron chi connectivity index (χ0n) is 33.9. The molecule has 302 valence electrons. The molecule has 6 aromatic rings. The van der Waals surface area contributed by atoms with Gasteiger partial charge in [-0.2, -0.15) is 0 Å². The Kier molecular flexibility index (Phi) is 10.8. The van der Waals surface area contributed by atoms with Crippen molar-refractivity contribution >= 4 is 23.2 Å². The number of methoxy groups -OCH3 is 2. The summed E-state index contributed by atoms with van der Waals surface area (Å²) in [6.07, 6.45) is 1.07. The Morgan fingerprint density at radius 1 is 0.898 bits per heavy atom. The maximum absolute atomic E-state index is 15.3. The summed E-state index contributed by atoms with van der Waals surface area (Å²) in [5, 5.41) is 22.7. The van der Waals surface area contributed by atoms with Gasteiger partial charge in [0, 0.05) is 35.2 Å². The van der Waals surface area contributed by atoms with Crippen LogP contribution in [0.3, 0.4) is 0 Å². The van der Waals surface area contributed by atoms with E-state index in [9.17, 15) is 9.90 Å². The SMILES string of the molecule is COc1ccc(C(=O)Nc2cccc(CN3C(=O)[C@@]4(O[C@@H](CCn5cc([C@H](O)c6ccccc6)nn5)[C@H](C(C)(C)c5ccc(OC)cc5)[C@H]4C)c4ccccc43)c2)cc1. The van der Waals surface area contributed by atoms with E-state index in [1.165, 1.54) is 0 Å². The number of benzene rings is 5. The van der Waals surface area contributed by atoms with Crippen LogP contribution in [0, 0.1) is 11.8 Å². The molecule has 11 heteroatoms. The molecule has 3 heterocycles. The molecule has 2 aliphatic heterocycles. The van der Waals surface area contributed by atoms with Crippen LogP contribution in [0.5, 0.6) is 11.5 Å². The number of aliphatic hydroxyl groups is 1. The number of fused-ring (bicyclic) bond motifs is 2. The van der Waals surface area contributed by atoms with Gasteiger partial charge in [-0.15, -0.1) is 5.10 Å². The molecule has 5 aromatic carbocycles. The minimum absolute atomic E-state index is 0.109. The van der Waals surface area contributed by atoms with Crippen molar-refractivity contribution in [3.8, 4) is 11.5 Å². The third-order valence-electron chi connectivity index (χ3n) is 12.2. The van der Waals surface area contributed by atoms with Crippen molar-refractivity contribution in [2.24, 2.45) is 11.8 Å². The Morgan fingerprint density at radius 3 is 2.29 bits per heavy atom. The zero-order valence-corrected chi connectivity index (χ0v) is 33.9. The topological polar surface area (TPSA) is 128 Å². The van der Waals surface area contributed by atoms with E-state index in [1.807, 2.05) is 95.9 Å². The van der Waals surface area contributed by atoms with Crippen molar-refractivity contribution in [1.29, 1.82) is 0 Å². The van der Waals surface area contributed by atoms with Gasteiger partial charge in [0.05, 0.1) is 38.8 Å². The number of amides is 2. The van der Waals surface area contributed by atoms with Gasteiger partial charge >= 0.3 is 0 Å². The number of aryl methyl sites for hydroxylation is 1. The summed E-state index contributed by atoms with van der Waals surface area (Å²) in [5.74, 6) is 0.722. The van der Waals surface area contributed by atoms with Crippen LogP contribution in [0.1, 0.15) is 71.6 Å². The molecular formula is C48H49N5O6. The molecular weight excluding hydrogens is 743 g/mol. The highest BCUT2D eigenvalue weighted by atomic mass is 16.5. The van der Waals surface area contributed by atoms with Crippen LogP contribution >= 0.6 is 0 Å². The van der Waals surface area contributed by atoms with Gasteiger partial charge in [-0.05, 0) is 83.1 Å². The van der Waals surface area contributed by atoms with Crippen molar-refractivity contribution in [1.82, 2.24) is 15.0 Å². The van der Waals surface area contributed by atoms with Crippen molar-refractivity contribution < 1.29 is 28.9 Å². The van der Waals surface area contributed by atoms with Crippen LogP contribution < -0.4 is 19.7 Å². The fourth-order valence-electron chi connectivity index (χ4n) is 9.18. The number of hydrogen-bond donors (Lipinski definition) is 2. The van der Waals surface area contributed by atoms with Crippen molar-refractivity contribution in [3.05, 3.63) is 167 Å². The first-order chi connectivity index (χ1) is 28.5. The van der Waals surface area contributed by atoms with Gasteiger partial charge in [-0.1, -0.05) is 98.8 Å². The van der Waals surface area contributed by atoms with Crippen LogP contribution in [0.15, 0.2) is 134 Å². The fraction of sp³-hybridized carbons (Fsp3) is 0.292. The molecule has 2 N–H and O–H groups in total. The maximum atomic E-state index is 15.3. The monoisotopic (exact) mass is 791 g/mol. The molecule has 0 aliphatic carbocycles. The van der Waals surface area contributed by atoms with E-state index in [4.69, 9.17) is 14.2 Å². The van der Waals surface area contributed by atoms with E-state index in [0.717, 1.165) is 33.7 Å². The van der Waals surface area contributed by atoms with E-state index in [1.54, 1.807) is 49.4 Å². The Morgan fingerprint density at radius 2 is 1.58 bits per heavy atom. The normalized spacial score (nSPS) is 20.4. The third-order valence-corrected chi connectivity index (χ3v) is 12.2. The molecule has 5 atom stereocenters. The van der Waals surface area contributed by atoms with Crippen LogP contribution in [0.2, 0.25) is 0 Å². The average Bonchev–Trinajstić information content (AvgIpc) is 3.93. The smallest absolute Gasteiger partial charge is 0.264 e. The molecule has 0 bridgehead atoms. The summed E-state index contributed by atoms with van der Waals surface area (Å²) in [6.45, 7) is 7.34. The van der Waals surface area contributed by atoms with Gasteiger partial charge in [-0.3, -0.25) is 14.3 Å². The summed E-state index contributed by atoms with van der Waals surface area (Å²) in [7, 11) is 3.24. The highest BCUT2D eigenvalue weighted by Crippen LogP contribution is 2.60. The zero-order chi connectivity index (χ0) is 41.3. The number of aromatic nitrogens is 3. The number of rotatable bonds is 13. The third kappa shape index (κ3) is 7.36. The summed E-state index contributed by atoms with van der Waals surface area (Å²) >= 11 is 0. The molecule has 1 fully saturated rings. The Bertz CT molecular complexity index is 2430. The largest absolute Gasteiger partial charge is 0.497 e.